The number of rotatable bonds is 4. The third-order valence-electron chi connectivity index (χ3n) is 4.33. The van der Waals surface area contributed by atoms with Crippen LogP contribution in [0.25, 0.3) is 0 Å². The molecule has 0 saturated carbocycles. The van der Waals surface area contributed by atoms with E-state index in [9.17, 15) is 4.79 Å². The number of urea groups is 1. The normalized spacial score (nSPS) is 16.0. The van der Waals surface area contributed by atoms with Gasteiger partial charge in [-0.3, -0.25) is 0 Å². The first kappa shape index (κ1) is 16.2. The van der Waals surface area contributed by atoms with Crippen LogP contribution >= 0.6 is 0 Å². The van der Waals surface area contributed by atoms with E-state index in [1.54, 1.807) is 32.4 Å². The van der Waals surface area contributed by atoms with Crippen molar-refractivity contribution in [1.82, 2.24) is 5.32 Å². The number of carbonyl (C=O) groups excluding carboxylic acids is 1. The second-order valence-electron chi connectivity index (χ2n) is 5.81. The van der Waals surface area contributed by atoms with E-state index in [4.69, 9.17) is 9.47 Å². The molecule has 5 nitrogen and oxygen atoms in total. The SMILES string of the molecule is COc1ccc(NC(=O)N[C@H]2CCCc3ccccc32)c(OC)c1. The van der Waals surface area contributed by atoms with Crippen molar-refractivity contribution in [2.75, 3.05) is 19.5 Å². The van der Waals surface area contributed by atoms with Gasteiger partial charge in [0.1, 0.15) is 11.5 Å². The molecular formula is C19H22N2O3. The summed E-state index contributed by atoms with van der Waals surface area (Å²) in [5.74, 6) is 1.24. The molecule has 2 N–H and O–H groups in total. The van der Waals surface area contributed by atoms with Crippen molar-refractivity contribution in [3.8, 4) is 11.5 Å². The average molecular weight is 326 g/mol. The molecule has 126 valence electrons. The minimum absolute atomic E-state index is 0.0409. The molecule has 0 unspecified atom stereocenters. The van der Waals surface area contributed by atoms with Gasteiger partial charge in [-0.2, -0.15) is 0 Å². The maximum Gasteiger partial charge on any atom is 0.319 e. The van der Waals surface area contributed by atoms with Gasteiger partial charge in [-0.1, -0.05) is 24.3 Å². The summed E-state index contributed by atoms with van der Waals surface area (Å²) in [7, 11) is 3.16. The summed E-state index contributed by atoms with van der Waals surface area (Å²) in [6.07, 6.45) is 3.10. The van der Waals surface area contributed by atoms with E-state index in [0.717, 1.165) is 19.3 Å². The minimum atomic E-state index is -0.236. The predicted octanol–water partition coefficient (Wildman–Crippen LogP) is 3.90. The first-order valence-corrected chi connectivity index (χ1v) is 8.08. The highest BCUT2D eigenvalue weighted by Gasteiger charge is 2.21. The van der Waals surface area contributed by atoms with Crippen LogP contribution in [-0.4, -0.2) is 20.3 Å². The van der Waals surface area contributed by atoms with Crippen LogP contribution in [0.1, 0.15) is 30.0 Å². The van der Waals surface area contributed by atoms with Crippen molar-refractivity contribution < 1.29 is 14.3 Å². The van der Waals surface area contributed by atoms with Crippen molar-refractivity contribution in [3.63, 3.8) is 0 Å². The Kier molecular flexibility index (Phi) is 4.89. The smallest absolute Gasteiger partial charge is 0.319 e. The molecule has 0 aliphatic heterocycles. The van der Waals surface area contributed by atoms with E-state index in [1.807, 2.05) is 12.1 Å². The first-order valence-electron chi connectivity index (χ1n) is 8.08. The molecule has 0 heterocycles. The maximum absolute atomic E-state index is 12.4. The molecule has 0 fully saturated rings. The van der Waals surface area contributed by atoms with Crippen molar-refractivity contribution in [3.05, 3.63) is 53.6 Å². The lowest BCUT2D eigenvalue weighted by atomic mass is 9.88. The zero-order valence-electron chi connectivity index (χ0n) is 14.0. The second kappa shape index (κ2) is 7.25. The minimum Gasteiger partial charge on any atom is -0.497 e. The Bertz CT molecular complexity index is 730. The second-order valence-corrected chi connectivity index (χ2v) is 5.81. The van der Waals surface area contributed by atoms with Crippen LogP contribution in [-0.2, 0) is 6.42 Å². The molecule has 1 atom stereocenters. The van der Waals surface area contributed by atoms with Gasteiger partial charge in [-0.25, -0.2) is 4.79 Å². The Labute approximate surface area is 142 Å². The zero-order chi connectivity index (χ0) is 16.9. The lowest BCUT2D eigenvalue weighted by molar-refractivity contribution is 0.247. The number of hydrogen-bond acceptors (Lipinski definition) is 3. The molecule has 2 aromatic rings. The molecule has 1 aliphatic carbocycles. The van der Waals surface area contributed by atoms with Gasteiger partial charge in [0.05, 0.1) is 25.9 Å². The Hall–Kier alpha value is -2.69. The molecule has 3 rings (SSSR count). The van der Waals surface area contributed by atoms with E-state index in [1.165, 1.54) is 11.1 Å². The van der Waals surface area contributed by atoms with Gasteiger partial charge < -0.3 is 20.1 Å². The summed E-state index contributed by atoms with van der Waals surface area (Å²) in [5, 5.41) is 5.93. The molecule has 0 spiro atoms. The molecule has 0 radical (unpaired) electrons. The molecule has 0 aromatic heterocycles. The Morgan fingerprint density at radius 1 is 1.12 bits per heavy atom. The molecule has 5 heteroatoms. The molecule has 1 aliphatic rings. The highest BCUT2D eigenvalue weighted by atomic mass is 16.5. The standard InChI is InChI=1S/C19H22N2O3/c1-23-14-10-11-17(18(12-14)24-2)21-19(22)20-16-9-5-7-13-6-3-4-8-15(13)16/h3-4,6,8,10-12,16H,5,7,9H2,1-2H3,(H2,20,21,22)/t16-/m0/s1. The molecule has 0 saturated heterocycles. The van der Waals surface area contributed by atoms with E-state index in [-0.39, 0.29) is 12.1 Å². The zero-order valence-corrected chi connectivity index (χ0v) is 14.0. The molecule has 24 heavy (non-hydrogen) atoms. The van der Waals surface area contributed by atoms with Gasteiger partial charge in [-0.15, -0.1) is 0 Å². The van der Waals surface area contributed by atoms with Crippen LogP contribution in [0.15, 0.2) is 42.5 Å². The van der Waals surface area contributed by atoms with E-state index in [0.29, 0.717) is 17.2 Å². The maximum atomic E-state index is 12.4. The molecule has 0 bridgehead atoms. The van der Waals surface area contributed by atoms with E-state index >= 15 is 0 Å². The van der Waals surface area contributed by atoms with Crippen molar-refractivity contribution >= 4 is 11.7 Å². The number of nitrogens with one attached hydrogen (secondary N) is 2. The fourth-order valence-corrected chi connectivity index (χ4v) is 3.12. The number of ether oxygens (including phenoxy) is 2. The lowest BCUT2D eigenvalue weighted by Gasteiger charge is -2.26. The largest absolute Gasteiger partial charge is 0.497 e. The van der Waals surface area contributed by atoms with Crippen LogP contribution in [0.2, 0.25) is 0 Å². The van der Waals surface area contributed by atoms with Gasteiger partial charge in [0, 0.05) is 6.07 Å². The number of anilines is 1. The number of aryl methyl sites for hydroxylation is 1. The van der Waals surface area contributed by atoms with Crippen molar-refractivity contribution in [2.24, 2.45) is 0 Å². The Morgan fingerprint density at radius 2 is 1.96 bits per heavy atom. The van der Waals surface area contributed by atoms with Gasteiger partial charge >= 0.3 is 6.03 Å². The summed E-state index contributed by atoms with van der Waals surface area (Å²) in [4.78, 5) is 12.4. The highest BCUT2D eigenvalue weighted by Crippen LogP contribution is 2.31. The molecule has 2 amide bonds. The van der Waals surface area contributed by atoms with E-state index in [2.05, 4.69) is 22.8 Å². The third-order valence-corrected chi connectivity index (χ3v) is 4.33. The summed E-state index contributed by atoms with van der Waals surface area (Å²) in [6.45, 7) is 0. The lowest BCUT2D eigenvalue weighted by Crippen LogP contribution is -2.34. The number of hydrogen-bond donors (Lipinski definition) is 2. The monoisotopic (exact) mass is 326 g/mol. The fraction of sp³-hybridized carbons (Fsp3) is 0.316. The van der Waals surface area contributed by atoms with Gasteiger partial charge in [0.2, 0.25) is 0 Å². The number of fused-ring (bicyclic) bond motifs is 1. The Morgan fingerprint density at radius 3 is 2.75 bits per heavy atom. The summed E-state index contributed by atoms with van der Waals surface area (Å²) >= 11 is 0. The van der Waals surface area contributed by atoms with Crippen LogP contribution < -0.4 is 20.1 Å². The van der Waals surface area contributed by atoms with Crippen LogP contribution in [0, 0.1) is 0 Å². The molecular weight excluding hydrogens is 304 g/mol. The average Bonchev–Trinajstić information content (AvgIpc) is 2.62. The number of amides is 2. The van der Waals surface area contributed by atoms with Crippen molar-refractivity contribution in [1.29, 1.82) is 0 Å². The number of carbonyl (C=O) groups is 1. The first-order chi connectivity index (χ1) is 11.7. The van der Waals surface area contributed by atoms with Crippen LogP contribution in [0.3, 0.4) is 0 Å². The van der Waals surface area contributed by atoms with Gasteiger partial charge in [0.15, 0.2) is 0 Å². The fourth-order valence-electron chi connectivity index (χ4n) is 3.12. The topological polar surface area (TPSA) is 59.6 Å². The van der Waals surface area contributed by atoms with Crippen molar-refractivity contribution in [2.45, 2.75) is 25.3 Å². The summed E-state index contributed by atoms with van der Waals surface area (Å²) in [5.41, 5.74) is 3.14. The highest BCUT2D eigenvalue weighted by molar-refractivity contribution is 5.91. The van der Waals surface area contributed by atoms with E-state index < -0.39 is 0 Å². The van der Waals surface area contributed by atoms with Crippen LogP contribution in [0.4, 0.5) is 10.5 Å². The third kappa shape index (κ3) is 3.45. The summed E-state index contributed by atoms with van der Waals surface area (Å²) < 4.78 is 10.5. The summed E-state index contributed by atoms with van der Waals surface area (Å²) in [6, 6.07) is 13.4. The van der Waals surface area contributed by atoms with Gasteiger partial charge in [0.25, 0.3) is 0 Å². The van der Waals surface area contributed by atoms with Gasteiger partial charge in [-0.05, 0) is 42.5 Å². The number of methoxy groups -OCH3 is 2. The predicted molar refractivity (Wildman–Crippen MR) is 93.8 cm³/mol. The molecule has 2 aromatic carbocycles. The number of benzene rings is 2. The van der Waals surface area contributed by atoms with Crippen LogP contribution in [0.5, 0.6) is 11.5 Å². The quantitative estimate of drug-likeness (QED) is 0.896. The Balaban J connectivity index is 1.71.